The molecule has 0 fully saturated rings. The predicted molar refractivity (Wildman–Crippen MR) is 94.8 cm³/mol. The lowest BCUT2D eigenvalue weighted by Gasteiger charge is -2.04. The van der Waals surface area contributed by atoms with E-state index in [1.165, 1.54) is 0 Å². The minimum atomic E-state index is -0.326. The molecule has 0 saturated heterocycles. The van der Waals surface area contributed by atoms with Gasteiger partial charge in [0.25, 0.3) is 0 Å². The van der Waals surface area contributed by atoms with Gasteiger partial charge in [-0.1, -0.05) is 35.0 Å². The Bertz CT molecular complexity index is 1070. The third-order valence-electron chi connectivity index (χ3n) is 4.06. The third-order valence-corrected chi connectivity index (χ3v) is 4.59. The lowest BCUT2D eigenvalue weighted by atomic mass is 10.0. The van der Waals surface area contributed by atoms with Gasteiger partial charge in [-0.05, 0) is 35.7 Å². The fourth-order valence-electron chi connectivity index (χ4n) is 2.89. The van der Waals surface area contributed by atoms with Crippen LogP contribution in [-0.4, -0.2) is 0 Å². The van der Waals surface area contributed by atoms with Gasteiger partial charge in [0, 0.05) is 32.9 Å². The number of benzene rings is 2. The van der Waals surface area contributed by atoms with Gasteiger partial charge in [-0.15, -0.1) is 0 Å². The number of hydrogen-bond acceptors (Lipinski definition) is 3. The number of hydrogen-bond donors (Lipinski definition) is 0. The van der Waals surface area contributed by atoms with Crippen LogP contribution in [0.5, 0.6) is 0 Å². The van der Waals surface area contributed by atoms with E-state index >= 15 is 0 Å². The molecule has 2 heterocycles. The van der Waals surface area contributed by atoms with Crippen molar-refractivity contribution in [2.45, 2.75) is 13.3 Å². The van der Waals surface area contributed by atoms with E-state index in [1.807, 2.05) is 37.3 Å². The van der Waals surface area contributed by atoms with E-state index in [0.29, 0.717) is 11.2 Å². The minimum Gasteiger partial charge on any atom is -0.464 e. The maximum Gasteiger partial charge on any atom is 0.336 e. The fourth-order valence-corrected chi connectivity index (χ4v) is 3.16. The first-order valence-corrected chi connectivity index (χ1v) is 8.19. The molecule has 4 rings (SSSR count). The van der Waals surface area contributed by atoms with Crippen LogP contribution in [0.2, 0.25) is 0 Å². The molecule has 114 valence electrons. The van der Waals surface area contributed by atoms with Crippen LogP contribution in [0.4, 0.5) is 0 Å². The number of rotatable bonds is 2. The van der Waals surface area contributed by atoms with Crippen molar-refractivity contribution in [1.82, 2.24) is 0 Å². The molecule has 0 aliphatic heterocycles. The molecule has 0 aliphatic rings. The standard InChI is InChI=1S/C19H13BrO3/c1-2-11-7-19(21)23-18-9-17-15(8-14(11)18)16(10-22-17)12-3-5-13(20)6-4-12/h3-10H,2H2,1H3. The van der Waals surface area contributed by atoms with Crippen molar-refractivity contribution in [3.05, 3.63) is 69.2 Å². The summed E-state index contributed by atoms with van der Waals surface area (Å²) in [4.78, 5) is 11.7. The Labute approximate surface area is 140 Å². The second-order valence-electron chi connectivity index (χ2n) is 5.45. The topological polar surface area (TPSA) is 43.4 Å². The number of fused-ring (bicyclic) bond motifs is 2. The first-order chi connectivity index (χ1) is 11.2. The molecular formula is C19H13BrO3. The van der Waals surface area contributed by atoms with Crippen LogP contribution in [0.15, 0.2) is 66.8 Å². The van der Waals surface area contributed by atoms with Gasteiger partial charge < -0.3 is 8.83 Å². The Morgan fingerprint density at radius 1 is 1.00 bits per heavy atom. The summed E-state index contributed by atoms with van der Waals surface area (Å²) in [6.45, 7) is 2.03. The molecule has 23 heavy (non-hydrogen) atoms. The quantitative estimate of drug-likeness (QED) is 0.436. The number of furan rings is 1. The van der Waals surface area contributed by atoms with Crippen LogP contribution >= 0.6 is 15.9 Å². The van der Waals surface area contributed by atoms with E-state index in [1.54, 1.807) is 18.4 Å². The van der Waals surface area contributed by atoms with Crippen LogP contribution in [0.3, 0.4) is 0 Å². The summed E-state index contributed by atoms with van der Waals surface area (Å²) in [5.41, 5.74) is 4.06. The van der Waals surface area contributed by atoms with Crippen molar-refractivity contribution < 1.29 is 8.83 Å². The summed E-state index contributed by atoms with van der Waals surface area (Å²) in [6.07, 6.45) is 2.52. The third kappa shape index (κ3) is 2.39. The molecular weight excluding hydrogens is 356 g/mol. The summed E-state index contributed by atoms with van der Waals surface area (Å²) in [7, 11) is 0. The molecule has 0 unspecified atom stereocenters. The van der Waals surface area contributed by atoms with E-state index in [2.05, 4.69) is 15.9 Å². The van der Waals surface area contributed by atoms with Crippen LogP contribution in [0.25, 0.3) is 33.1 Å². The molecule has 0 saturated carbocycles. The van der Waals surface area contributed by atoms with Gasteiger partial charge in [-0.2, -0.15) is 0 Å². The smallest absolute Gasteiger partial charge is 0.336 e. The van der Waals surface area contributed by atoms with Crippen LogP contribution in [0.1, 0.15) is 12.5 Å². The van der Waals surface area contributed by atoms with E-state index in [4.69, 9.17) is 8.83 Å². The first-order valence-electron chi connectivity index (χ1n) is 7.39. The monoisotopic (exact) mass is 368 g/mol. The average Bonchev–Trinajstić information content (AvgIpc) is 2.95. The molecule has 4 aromatic rings. The van der Waals surface area contributed by atoms with E-state index in [-0.39, 0.29) is 5.63 Å². The summed E-state index contributed by atoms with van der Waals surface area (Å²) in [5, 5.41) is 1.97. The van der Waals surface area contributed by atoms with Crippen LogP contribution < -0.4 is 5.63 Å². The minimum absolute atomic E-state index is 0.326. The highest BCUT2D eigenvalue weighted by atomic mass is 79.9. The van der Waals surface area contributed by atoms with Gasteiger partial charge in [-0.3, -0.25) is 0 Å². The maximum absolute atomic E-state index is 11.7. The van der Waals surface area contributed by atoms with E-state index in [0.717, 1.165) is 38.4 Å². The van der Waals surface area contributed by atoms with Gasteiger partial charge >= 0.3 is 5.63 Å². The molecule has 0 amide bonds. The van der Waals surface area contributed by atoms with Gasteiger partial charge in [-0.25, -0.2) is 4.79 Å². The Kier molecular flexibility index (Phi) is 3.34. The Hall–Kier alpha value is -2.33. The molecule has 4 heteroatoms. The molecule has 0 spiro atoms. The van der Waals surface area contributed by atoms with Crippen molar-refractivity contribution >= 4 is 37.9 Å². The predicted octanol–water partition coefficient (Wildman–Crippen LogP) is 5.53. The highest BCUT2D eigenvalue weighted by molar-refractivity contribution is 9.10. The Balaban J connectivity index is 2.03. The first kappa shape index (κ1) is 14.3. The normalized spacial score (nSPS) is 11.4. The van der Waals surface area contributed by atoms with E-state index in [9.17, 15) is 4.79 Å². The van der Waals surface area contributed by atoms with Crippen molar-refractivity contribution in [3.8, 4) is 11.1 Å². The lowest BCUT2D eigenvalue weighted by molar-refractivity contribution is 0.557. The fraction of sp³-hybridized carbons (Fsp3) is 0.105. The molecule has 2 aromatic heterocycles. The largest absolute Gasteiger partial charge is 0.464 e. The Morgan fingerprint density at radius 3 is 2.52 bits per heavy atom. The zero-order valence-electron chi connectivity index (χ0n) is 12.4. The molecule has 0 N–H and O–H groups in total. The van der Waals surface area contributed by atoms with Crippen LogP contribution in [-0.2, 0) is 6.42 Å². The van der Waals surface area contributed by atoms with Gasteiger partial charge in [0.2, 0.25) is 0 Å². The second-order valence-corrected chi connectivity index (χ2v) is 6.36. The maximum atomic E-state index is 11.7. The van der Waals surface area contributed by atoms with Crippen molar-refractivity contribution in [3.63, 3.8) is 0 Å². The second kappa shape index (κ2) is 5.39. The highest BCUT2D eigenvalue weighted by Crippen LogP contribution is 2.34. The molecule has 3 nitrogen and oxygen atoms in total. The van der Waals surface area contributed by atoms with E-state index < -0.39 is 0 Å². The van der Waals surface area contributed by atoms with Gasteiger partial charge in [0.05, 0.1) is 6.26 Å². The average molecular weight is 369 g/mol. The Morgan fingerprint density at radius 2 is 1.78 bits per heavy atom. The van der Waals surface area contributed by atoms with Gasteiger partial charge in [0.15, 0.2) is 0 Å². The van der Waals surface area contributed by atoms with Gasteiger partial charge in [0.1, 0.15) is 11.2 Å². The summed E-state index contributed by atoms with van der Waals surface area (Å²) < 4.78 is 12.0. The SMILES string of the molecule is CCc1cc(=O)oc2cc3occ(-c4ccc(Br)cc4)c3cc12. The molecule has 0 atom stereocenters. The van der Waals surface area contributed by atoms with Crippen molar-refractivity contribution in [2.24, 2.45) is 0 Å². The summed E-state index contributed by atoms with van der Waals surface area (Å²) in [6, 6.07) is 13.5. The highest BCUT2D eigenvalue weighted by Gasteiger charge is 2.12. The molecule has 0 radical (unpaired) electrons. The number of aryl methyl sites for hydroxylation is 1. The zero-order chi connectivity index (χ0) is 16.0. The van der Waals surface area contributed by atoms with Crippen molar-refractivity contribution in [2.75, 3.05) is 0 Å². The molecule has 0 aliphatic carbocycles. The van der Waals surface area contributed by atoms with Crippen LogP contribution in [0, 0.1) is 0 Å². The number of halogens is 1. The lowest BCUT2D eigenvalue weighted by Crippen LogP contribution is -1.99. The van der Waals surface area contributed by atoms with Crippen molar-refractivity contribution in [1.29, 1.82) is 0 Å². The molecule has 0 bridgehead atoms. The summed E-state index contributed by atoms with van der Waals surface area (Å²) >= 11 is 3.45. The zero-order valence-corrected chi connectivity index (χ0v) is 14.0. The molecule has 2 aromatic carbocycles. The summed E-state index contributed by atoms with van der Waals surface area (Å²) in [5.74, 6) is 0.